The topological polar surface area (TPSA) is 36.3 Å². The molecule has 0 fully saturated rings. The summed E-state index contributed by atoms with van der Waals surface area (Å²) in [5, 5.41) is 0. The molecule has 0 radical (unpaired) electrons. The first kappa shape index (κ1) is 12.5. The Morgan fingerprint density at radius 1 is 1.26 bits per heavy atom. The van der Waals surface area contributed by atoms with Gasteiger partial charge >= 0.3 is 0 Å². The van der Waals surface area contributed by atoms with E-state index in [-0.39, 0.29) is 0 Å². The third-order valence-corrected chi connectivity index (χ3v) is 4.00. The first-order valence-corrected chi connectivity index (χ1v) is 7.00. The van der Waals surface area contributed by atoms with Crippen molar-refractivity contribution < 1.29 is 9.47 Å². The Morgan fingerprint density at radius 2 is 2.00 bits per heavy atom. The molecule has 1 aromatic carbocycles. The van der Waals surface area contributed by atoms with Gasteiger partial charge < -0.3 is 14.0 Å². The molecule has 1 aliphatic rings. The number of hydrogen-bond acceptors (Lipinski definition) is 3. The average Bonchev–Trinajstić information content (AvgIpc) is 2.65. The summed E-state index contributed by atoms with van der Waals surface area (Å²) in [6.07, 6.45) is 0.814. The van der Waals surface area contributed by atoms with Crippen LogP contribution >= 0.6 is 15.9 Å². The van der Waals surface area contributed by atoms with Crippen LogP contribution in [0.4, 0.5) is 0 Å². The Balaban J connectivity index is 1.91. The van der Waals surface area contributed by atoms with Crippen molar-refractivity contribution in [2.75, 3.05) is 13.2 Å². The molecule has 0 saturated carbocycles. The Hall–Kier alpha value is -1.49. The second-order valence-electron chi connectivity index (χ2n) is 4.61. The Kier molecular flexibility index (Phi) is 3.22. The number of aryl methyl sites for hydroxylation is 1. The molecule has 0 aliphatic carbocycles. The zero-order valence-electron chi connectivity index (χ0n) is 10.9. The van der Waals surface area contributed by atoms with Gasteiger partial charge in [0, 0.05) is 13.5 Å². The van der Waals surface area contributed by atoms with Crippen molar-refractivity contribution in [2.45, 2.75) is 13.3 Å². The van der Waals surface area contributed by atoms with Gasteiger partial charge in [0.15, 0.2) is 11.5 Å². The standard InChI is InChI=1S/C14H15BrN2O2/c1-9-16-14(15)11(17(9)2)7-10-3-4-12-13(8-10)19-6-5-18-12/h3-4,8H,5-7H2,1-2H3. The fraction of sp³-hybridized carbons (Fsp3) is 0.357. The maximum Gasteiger partial charge on any atom is 0.161 e. The van der Waals surface area contributed by atoms with Crippen molar-refractivity contribution in [1.29, 1.82) is 0 Å². The van der Waals surface area contributed by atoms with Crippen LogP contribution in [-0.2, 0) is 13.5 Å². The number of halogens is 1. The molecule has 0 unspecified atom stereocenters. The van der Waals surface area contributed by atoms with Crippen LogP contribution in [0.3, 0.4) is 0 Å². The minimum atomic E-state index is 0.616. The molecule has 4 nitrogen and oxygen atoms in total. The van der Waals surface area contributed by atoms with E-state index in [1.54, 1.807) is 0 Å². The molecule has 0 saturated heterocycles. The zero-order chi connectivity index (χ0) is 13.4. The highest BCUT2D eigenvalue weighted by Gasteiger charge is 2.14. The second-order valence-corrected chi connectivity index (χ2v) is 5.36. The van der Waals surface area contributed by atoms with Gasteiger partial charge in [-0.2, -0.15) is 0 Å². The summed E-state index contributed by atoms with van der Waals surface area (Å²) in [6, 6.07) is 6.09. The fourth-order valence-electron chi connectivity index (χ4n) is 2.20. The van der Waals surface area contributed by atoms with Crippen molar-refractivity contribution in [3.8, 4) is 11.5 Å². The molecule has 0 amide bonds. The molecule has 19 heavy (non-hydrogen) atoms. The van der Waals surface area contributed by atoms with E-state index in [4.69, 9.17) is 9.47 Å². The minimum Gasteiger partial charge on any atom is -0.486 e. The van der Waals surface area contributed by atoms with E-state index in [2.05, 4.69) is 31.5 Å². The maximum absolute atomic E-state index is 5.61. The van der Waals surface area contributed by atoms with E-state index in [0.29, 0.717) is 13.2 Å². The molecule has 1 aliphatic heterocycles. The predicted octanol–water partition coefficient (Wildman–Crippen LogP) is 2.85. The van der Waals surface area contributed by atoms with Crippen molar-refractivity contribution in [3.63, 3.8) is 0 Å². The Labute approximate surface area is 120 Å². The second kappa shape index (κ2) is 4.89. The van der Waals surface area contributed by atoms with E-state index in [0.717, 1.165) is 34.0 Å². The zero-order valence-corrected chi connectivity index (χ0v) is 12.5. The van der Waals surface area contributed by atoms with Crippen LogP contribution in [-0.4, -0.2) is 22.8 Å². The molecule has 1 aromatic heterocycles. The van der Waals surface area contributed by atoms with Crippen LogP contribution in [0.2, 0.25) is 0 Å². The monoisotopic (exact) mass is 322 g/mol. The third-order valence-electron chi connectivity index (χ3n) is 3.37. The van der Waals surface area contributed by atoms with Crippen LogP contribution in [0.5, 0.6) is 11.5 Å². The highest BCUT2D eigenvalue weighted by Crippen LogP contribution is 2.32. The Morgan fingerprint density at radius 3 is 2.68 bits per heavy atom. The molecule has 2 heterocycles. The van der Waals surface area contributed by atoms with Crippen LogP contribution in [0.25, 0.3) is 0 Å². The summed E-state index contributed by atoms with van der Waals surface area (Å²) in [6.45, 7) is 3.24. The van der Waals surface area contributed by atoms with Gasteiger partial charge in [-0.25, -0.2) is 4.98 Å². The lowest BCUT2D eigenvalue weighted by atomic mass is 10.1. The van der Waals surface area contributed by atoms with Crippen LogP contribution in [0.1, 0.15) is 17.1 Å². The summed E-state index contributed by atoms with van der Waals surface area (Å²) in [5.41, 5.74) is 2.35. The molecule has 5 heteroatoms. The lowest BCUT2D eigenvalue weighted by Crippen LogP contribution is -2.15. The largest absolute Gasteiger partial charge is 0.486 e. The summed E-state index contributed by atoms with van der Waals surface area (Å²) in [5.74, 6) is 2.66. The average molecular weight is 323 g/mol. The van der Waals surface area contributed by atoms with Crippen molar-refractivity contribution in [3.05, 3.63) is 39.9 Å². The predicted molar refractivity (Wildman–Crippen MR) is 75.9 cm³/mol. The summed E-state index contributed by atoms with van der Waals surface area (Å²) >= 11 is 3.51. The molecular weight excluding hydrogens is 308 g/mol. The first-order chi connectivity index (χ1) is 9.15. The van der Waals surface area contributed by atoms with Gasteiger partial charge in [0.05, 0.1) is 5.69 Å². The number of fused-ring (bicyclic) bond motifs is 1. The molecule has 100 valence electrons. The molecule has 2 aromatic rings. The highest BCUT2D eigenvalue weighted by molar-refractivity contribution is 9.10. The summed E-state index contributed by atoms with van der Waals surface area (Å²) < 4.78 is 14.1. The highest BCUT2D eigenvalue weighted by atomic mass is 79.9. The summed E-state index contributed by atoms with van der Waals surface area (Å²) in [7, 11) is 2.03. The molecule has 0 bridgehead atoms. The smallest absolute Gasteiger partial charge is 0.161 e. The number of aromatic nitrogens is 2. The molecule has 0 spiro atoms. The molecular formula is C14H15BrN2O2. The SMILES string of the molecule is Cc1nc(Br)c(Cc2ccc3c(c2)OCCO3)n1C. The van der Waals surface area contributed by atoms with Crippen molar-refractivity contribution in [2.24, 2.45) is 7.05 Å². The van der Waals surface area contributed by atoms with Crippen molar-refractivity contribution >= 4 is 15.9 Å². The van der Waals surface area contributed by atoms with E-state index < -0.39 is 0 Å². The van der Waals surface area contributed by atoms with Crippen LogP contribution in [0, 0.1) is 6.92 Å². The van der Waals surface area contributed by atoms with Crippen LogP contribution < -0.4 is 9.47 Å². The maximum atomic E-state index is 5.61. The minimum absolute atomic E-state index is 0.616. The lowest BCUT2D eigenvalue weighted by molar-refractivity contribution is 0.171. The van der Waals surface area contributed by atoms with Gasteiger partial charge in [-0.1, -0.05) is 6.07 Å². The Bertz CT molecular complexity index is 622. The van der Waals surface area contributed by atoms with Gasteiger partial charge in [-0.3, -0.25) is 0 Å². The molecule has 0 atom stereocenters. The molecule has 0 N–H and O–H groups in total. The van der Waals surface area contributed by atoms with E-state index in [1.165, 1.54) is 5.56 Å². The quantitative estimate of drug-likeness (QED) is 0.853. The number of nitrogens with zero attached hydrogens (tertiary/aromatic N) is 2. The van der Waals surface area contributed by atoms with Crippen molar-refractivity contribution in [1.82, 2.24) is 9.55 Å². The number of benzene rings is 1. The van der Waals surface area contributed by atoms with Gasteiger partial charge in [0.1, 0.15) is 23.6 Å². The number of rotatable bonds is 2. The first-order valence-electron chi connectivity index (χ1n) is 6.21. The van der Waals surface area contributed by atoms with Gasteiger partial charge in [-0.15, -0.1) is 0 Å². The number of ether oxygens (including phenoxy) is 2. The normalized spacial score (nSPS) is 13.6. The van der Waals surface area contributed by atoms with Gasteiger partial charge in [0.25, 0.3) is 0 Å². The van der Waals surface area contributed by atoms with Gasteiger partial charge in [0.2, 0.25) is 0 Å². The third kappa shape index (κ3) is 2.34. The fourth-order valence-corrected chi connectivity index (χ4v) is 2.86. The number of imidazole rings is 1. The van der Waals surface area contributed by atoms with Gasteiger partial charge in [-0.05, 0) is 40.5 Å². The number of hydrogen-bond donors (Lipinski definition) is 0. The van der Waals surface area contributed by atoms with E-state index in [1.807, 2.05) is 26.1 Å². The lowest BCUT2D eigenvalue weighted by Gasteiger charge is -2.19. The van der Waals surface area contributed by atoms with E-state index >= 15 is 0 Å². The summed E-state index contributed by atoms with van der Waals surface area (Å²) in [4.78, 5) is 4.42. The van der Waals surface area contributed by atoms with Crippen LogP contribution in [0.15, 0.2) is 22.8 Å². The molecule has 3 rings (SSSR count). The van der Waals surface area contributed by atoms with E-state index in [9.17, 15) is 0 Å².